The van der Waals surface area contributed by atoms with E-state index in [4.69, 9.17) is 4.74 Å². The van der Waals surface area contributed by atoms with Crippen LogP contribution in [0, 0.1) is 5.92 Å². The molecule has 8 heteroatoms. The highest BCUT2D eigenvalue weighted by Crippen LogP contribution is 2.34. The first-order valence-corrected chi connectivity index (χ1v) is 13.4. The van der Waals surface area contributed by atoms with E-state index in [1.807, 2.05) is 44.2 Å². The molecule has 0 bridgehead atoms. The zero-order valence-corrected chi connectivity index (χ0v) is 23.1. The topological polar surface area (TPSA) is 108 Å². The fourth-order valence-corrected chi connectivity index (χ4v) is 4.48. The zero-order chi connectivity index (χ0) is 27.9. The average Bonchev–Trinajstić information content (AvgIpc) is 2.80. The summed E-state index contributed by atoms with van der Waals surface area (Å²) in [7, 11) is 0. The predicted octanol–water partition coefficient (Wildman–Crippen LogP) is 5.07. The van der Waals surface area contributed by atoms with Gasteiger partial charge in [-0.3, -0.25) is 9.59 Å². The summed E-state index contributed by atoms with van der Waals surface area (Å²) >= 11 is 0. The van der Waals surface area contributed by atoms with Crippen molar-refractivity contribution in [1.29, 1.82) is 0 Å². The second kappa shape index (κ2) is 12.8. The number of carbonyl (C=O) groups is 3. The molecule has 2 unspecified atom stereocenters. The summed E-state index contributed by atoms with van der Waals surface area (Å²) in [6.07, 6.45) is 2.23. The molecule has 2 aromatic rings. The molecule has 8 nitrogen and oxygen atoms in total. The van der Waals surface area contributed by atoms with Gasteiger partial charge in [0.1, 0.15) is 23.4 Å². The minimum atomic E-state index is -0.924. The number of hydrogen-bond acceptors (Lipinski definition) is 5. The molecule has 0 aliphatic heterocycles. The molecule has 0 saturated heterocycles. The number of amides is 3. The van der Waals surface area contributed by atoms with E-state index in [9.17, 15) is 19.5 Å². The number of rotatable bonds is 10. The largest absolute Gasteiger partial charge is 0.508 e. The Morgan fingerprint density at radius 2 is 1.66 bits per heavy atom. The van der Waals surface area contributed by atoms with Crippen LogP contribution in [-0.4, -0.2) is 45.6 Å². The van der Waals surface area contributed by atoms with E-state index in [1.54, 1.807) is 37.8 Å². The molecule has 2 atom stereocenters. The smallest absolute Gasteiger partial charge is 0.408 e. The van der Waals surface area contributed by atoms with Gasteiger partial charge in [-0.2, -0.15) is 0 Å². The Morgan fingerprint density at radius 1 is 1.03 bits per heavy atom. The zero-order valence-electron chi connectivity index (χ0n) is 23.1. The Hall–Kier alpha value is -3.55. The number of nitrogens with zero attached hydrogens (tertiary/aromatic N) is 1. The normalized spacial score (nSPS) is 15.2. The molecule has 1 aliphatic rings. The summed E-state index contributed by atoms with van der Waals surface area (Å²) in [5.74, 6) is -0.452. The van der Waals surface area contributed by atoms with Crippen LogP contribution < -0.4 is 10.6 Å². The average molecular weight is 524 g/mol. The lowest BCUT2D eigenvalue weighted by molar-refractivity contribution is -0.147. The number of ether oxygens (including phenoxy) is 1. The summed E-state index contributed by atoms with van der Waals surface area (Å²) in [6, 6.07) is 14.0. The van der Waals surface area contributed by atoms with Gasteiger partial charge in [0, 0.05) is 12.6 Å². The molecule has 2 aromatic carbocycles. The highest BCUT2D eigenvalue weighted by atomic mass is 16.6. The number of aromatic hydroxyl groups is 1. The third kappa shape index (κ3) is 8.23. The minimum Gasteiger partial charge on any atom is -0.508 e. The number of nitrogens with one attached hydrogen (secondary N) is 2. The number of benzene rings is 2. The summed E-state index contributed by atoms with van der Waals surface area (Å²) in [5.41, 5.74) is 0.819. The van der Waals surface area contributed by atoms with Crippen molar-refractivity contribution in [2.45, 2.75) is 90.6 Å². The van der Waals surface area contributed by atoms with Gasteiger partial charge >= 0.3 is 6.09 Å². The van der Waals surface area contributed by atoms with Crippen LogP contribution >= 0.6 is 0 Å². The first kappa shape index (κ1) is 29.0. The standard InChI is InChI=1S/C30H41N3O5/c1-20(2)18-25(32-29(37)38-30(3,4)5)28(36)33(23-12-9-13-23)26(22-14-16-24(34)17-15-22)27(35)31-19-21-10-7-6-8-11-21/h6-8,10-11,14-17,20,23,25-26,34H,9,12-13,18-19H2,1-5H3,(H,31,35)(H,32,37). The Kier molecular flexibility index (Phi) is 9.78. The van der Waals surface area contributed by atoms with Gasteiger partial charge in [-0.1, -0.05) is 56.3 Å². The van der Waals surface area contributed by atoms with Gasteiger partial charge in [0.05, 0.1) is 0 Å². The van der Waals surface area contributed by atoms with Crippen LogP contribution in [0.4, 0.5) is 4.79 Å². The van der Waals surface area contributed by atoms with Crippen molar-refractivity contribution >= 4 is 17.9 Å². The summed E-state index contributed by atoms with van der Waals surface area (Å²) in [6.45, 7) is 9.58. The monoisotopic (exact) mass is 523 g/mol. The Balaban J connectivity index is 1.95. The fraction of sp³-hybridized carbons (Fsp3) is 0.500. The lowest BCUT2D eigenvalue weighted by Gasteiger charge is -2.43. The van der Waals surface area contributed by atoms with Crippen molar-refractivity contribution in [3.05, 3.63) is 65.7 Å². The van der Waals surface area contributed by atoms with E-state index >= 15 is 0 Å². The van der Waals surface area contributed by atoms with Crippen LogP contribution in [0.3, 0.4) is 0 Å². The van der Waals surface area contributed by atoms with E-state index < -0.39 is 23.8 Å². The van der Waals surface area contributed by atoms with Crippen LogP contribution in [0.5, 0.6) is 5.75 Å². The third-order valence-electron chi connectivity index (χ3n) is 6.46. The number of alkyl carbamates (subject to hydrolysis) is 1. The SMILES string of the molecule is CC(C)CC(NC(=O)OC(C)(C)C)C(=O)N(C1CCC1)C(C(=O)NCc1ccccc1)c1ccc(O)cc1. The second-order valence-electron chi connectivity index (χ2n) is 11.4. The lowest BCUT2D eigenvalue weighted by Crippen LogP contribution is -2.57. The van der Waals surface area contributed by atoms with Gasteiger partial charge in [-0.05, 0) is 75.6 Å². The number of phenolic OH excluding ortho intramolecular Hbond substituents is 1. The predicted molar refractivity (Wildman–Crippen MR) is 146 cm³/mol. The Labute approximate surface area is 225 Å². The fourth-order valence-electron chi connectivity index (χ4n) is 4.48. The quantitative estimate of drug-likeness (QED) is 0.403. The second-order valence-corrected chi connectivity index (χ2v) is 11.4. The molecule has 1 aliphatic carbocycles. The molecule has 0 spiro atoms. The van der Waals surface area contributed by atoms with Crippen LogP contribution in [0.15, 0.2) is 54.6 Å². The van der Waals surface area contributed by atoms with E-state index in [1.165, 1.54) is 12.1 Å². The highest BCUT2D eigenvalue weighted by molar-refractivity contribution is 5.92. The Morgan fingerprint density at radius 3 is 2.18 bits per heavy atom. The molecule has 3 amide bonds. The maximum atomic E-state index is 14.2. The molecule has 3 rings (SSSR count). The van der Waals surface area contributed by atoms with Gasteiger partial charge in [-0.15, -0.1) is 0 Å². The molecule has 1 saturated carbocycles. The number of phenols is 1. The van der Waals surface area contributed by atoms with E-state index in [0.717, 1.165) is 24.8 Å². The van der Waals surface area contributed by atoms with Gasteiger partial charge in [0.15, 0.2) is 0 Å². The molecule has 206 valence electrons. The van der Waals surface area contributed by atoms with Crippen molar-refractivity contribution in [3.63, 3.8) is 0 Å². The molecular weight excluding hydrogens is 482 g/mol. The number of carbonyl (C=O) groups excluding carboxylic acids is 3. The minimum absolute atomic E-state index is 0.0722. The van der Waals surface area contributed by atoms with Crippen LogP contribution in [0.25, 0.3) is 0 Å². The maximum absolute atomic E-state index is 14.2. The lowest BCUT2D eigenvalue weighted by atomic mass is 9.87. The molecule has 1 fully saturated rings. The number of hydrogen-bond donors (Lipinski definition) is 3. The molecule has 0 heterocycles. The van der Waals surface area contributed by atoms with E-state index in [2.05, 4.69) is 10.6 Å². The van der Waals surface area contributed by atoms with Crippen molar-refractivity contribution in [2.75, 3.05) is 0 Å². The van der Waals surface area contributed by atoms with Crippen LogP contribution in [0.1, 0.15) is 77.5 Å². The van der Waals surface area contributed by atoms with Crippen LogP contribution in [-0.2, 0) is 20.9 Å². The van der Waals surface area contributed by atoms with Crippen LogP contribution in [0.2, 0.25) is 0 Å². The summed E-state index contributed by atoms with van der Waals surface area (Å²) in [4.78, 5) is 42.3. The van der Waals surface area contributed by atoms with Crippen molar-refractivity contribution in [1.82, 2.24) is 15.5 Å². The molecular formula is C30H41N3O5. The Bertz CT molecular complexity index is 1080. The first-order chi connectivity index (χ1) is 17.9. The summed E-state index contributed by atoms with van der Waals surface area (Å²) < 4.78 is 5.45. The van der Waals surface area contributed by atoms with Crippen molar-refractivity contribution in [2.24, 2.45) is 5.92 Å². The van der Waals surface area contributed by atoms with Gasteiger partial charge in [-0.25, -0.2) is 4.79 Å². The van der Waals surface area contributed by atoms with Gasteiger partial charge < -0.3 is 25.4 Å². The molecule has 0 radical (unpaired) electrons. The molecule has 0 aromatic heterocycles. The van der Waals surface area contributed by atoms with Crippen molar-refractivity contribution < 1.29 is 24.2 Å². The van der Waals surface area contributed by atoms with Gasteiger partial charge in [0.2, 0.25) is 11.8 Å². The maximum Gasteiger partial charge on any atom is 0.408 e. The molecule has 38 heavy (non-hydrogen) atoms. The highest BCUT2D eigenvalue weighted by Gasteiger charge is 2.42. The van der Waals surface area contributed by atoms with E-state index in [0.29, 0.717) is 18.5 Å². The van der Waals surface area contributed by atoms with E-state index in [-0.39, 0.29) is 29.5 Å². The molecule has 3 N–H and O–H groups in total. The van der Waals surface area contributed by atoms with Gasteiger partial charge in [0.25, 0.3) is 0 Å². The first-order valence-electron chi connectivity index (χ1n) is 13.4. The summed E-state index contributed by atoms with van der Waals surface area (Å²) in [5, 5.41) is 15.7. The third-order valence-corrected chi connectivity index (χ3v) is 6.46. The van der Waals surface area contributed by atoms with Crippen molar-refractivity contribution in [3.8, 4) is 5.75 Å².